The summed E-state index contributed by atoms with van der Waals surface area (Å²) in [7, 11) is 0. The van der Waals surface area contributed by atoms with Gasteiger partial charge < -0.3 is 4.74 Å². The van der Waals surface area contributed by atoms with Gasteiger partial charge in [0.05, 0.1) is 6.61 Å². The van der Waals surface area contributed by atoms with Gasteiger partial charge in [-0.15, -0.1) is 0 Å². The number of rotatable bonds is 5. The summed E-state index contributed by atoms with van der Waals surface area (Å²) in [6, 6.07) is 11.2. The molecule has 8 heteroatoms. The van der Waals surface area contributed by atoms with Crippen LogP contribution in [0.5, 0.6) is 0 Å². The Balaban J connectivity index is 1.87. The van der Waals surface area contributed by atoms with E-state index in [9.17, 15) is 22.8 Å². The number of hydrogen-bond donors (Lipinski definition) is 2. The van der Waals surface area contributed by atoms with Crippen LogP contribution < -0.4 is 10.9 Å². The van der Waals surface area contributed by atoms with E-state index < -0.39 is 24.6 Å². The summed E-state index contributed by atoms with van der Waals surface area (Å²) in [6.45, 7) is 2.15. The van der Waals surface area contributed by atoms with Crippen LogP contribution in [0.4, 0.5) is 13.2 Å². The summed E-state index contributed by atoms with van der Waals surface area (Å²) in [4.78, 5) is 24.2. The first-order valence-corrected chi connectivity index (χ1v) is 8.07. The average molecular weight is 380 g/mol. The van der Waals surface area contributed by atoms with Crippen LogP contribution in [-0.2, 0) is 11.3 Å². The minimum Gasteiger partial charge on any atom is -0.367 e. The molecular formula is C19H19F3N2O3. The maximum absolute atomic E-state index is 12.1. The molecule has 0 fully saturated rings. The topological polar surface area (TPSA) is 67.4 Å². The van der Waals surface area contributed by atoms with Gasteiger partial charge in [-0.25, -0.2) is 0 Å². The van der Waals surface area contributed by atoms with E-state index >= 15 is 0 Å². The smallest absolute Gasteiger partial charge is 0.367 e. The first-order valence-electron chi connectivity index (χ1n) is 8.07. The molecule has 0 radical (unpaired) electrons. The maximum atomic E-state index is 12.1. The van der Waals surface area contributed by atoms with Gasteiger partial charge in [0.2, 0.25) is 0 Å². The average Bonchev–Trinajstić information content (AvgIpc) is 2.59. The van der Waals surface area contributed by atoms with Crippen molar-refractivity contribution in [2.24, 2.45) is 0 Å². The number of ether oxygens (including phenoxy) is 1. The number of nitrogens with one attached hydrogen (secondary N) is 2. The quantitative estimate of drug-likeness (QED) is 0.781. The molecule has 2 aromatic carbocycles. The molecular weight excluding hydrogens is 361 g/mol. The lowest BCUT2D eigenvalue weighted by atomic mass is 10.1. The van der Waals surface area contributed by atoms with Crippen molar-refractivity contribution in [1.82, 2.24) is 10.9 Å². The zero-order valence-electron chi connectivity index (χ0n) is 14.8. The lowest BCUT2D eigenvalue weighted by Crippen LogP contribution is -2.41. The van der Waals surface area contributed by atoms with Gasteiger partial charge in [-0.3, -0.25) is 20.4 Å². The highest BCUT2D eigenvalue weighted by Crippen LogP contribution is 2.16. The zero-order chi connectivity index (χ0) is 20.0. The molecule has 0 spiro atoms. The third-order valence-electron chi connectivity index (χ3n) is 3.67. The van der Waals surface area contributed by atoms with Crippen molar-refractivity contribution >= 4 is 11.8 Å². The van der Waals surface area contributed by atoms with Crippen LogP contribution in [0.3, 0.4) is 0 Å². The number of benzene rings is 2. The molecule has 0 aromatic heterocycles. The second kappa shape index (κ2) is 8.68. The fourth-order valence-corrected chi connectivity index (χ4v) is 2.36. The van der Waals surface area contributed by atoms with Crippen molar-refractivity contribution in [3.8, 4) is 0 Å². The molecule has 0 atom stereocenters. The van der Waals surface area contributed by atoms with E-state index in [1.807, 2.05) is 13.0 Å². The number of carbonyl (C=O) groups is 2. The first kappa shape index (κ1) is 20.4. The Morgan fingerprint density at radius 1 is 0.963 bits per heavy atom. The van der Waals surface area contributed by atoms with E-state index in [0.29, 0.717) is 11.1 Å². The monoisotopic (exact) mass is 380 g/mol. The van der Waals surface area contributed by atoms with Crippen molar-refractivity contribution in [3.05, 3.63) is 70.3 Å². The van der Waals surface area contributed by atoms with Gasteiger partial charge in [0.15, 0.2) is 0 Å². The minimum absolute atomic E-state index is 0.217. The predicted molar refractivity (Wildman–Crippen MR) is 93.0 cm³/mol. The Hall–Kier alpha value is -2.87. The zero-order valence-corrected chi connectivity index (χ0v) is 14.8. The highest BCUT2D eigenvalue weighted by Gasteiger charge is 2.27. The third kappa shape index (κ3) is 6.41. The SMILES string of the molecule is Cc1ccc(C(=O)NNC(=O)c2ccc(COCC(F)(F)F)cc2)c(C)c1. The third-order valence-corrected chi connectivity index (χ3v) is 3.67. The molecule has 144 valence electrons. The molecule has 2 amide bonds. The molecule has 0 aliphatic rings. The summed E-state index contributed by atoms with van der Waals surface area (Å²) in [6.07, 6.45) is -4.38. The number of carbonyl (C=O) groups excluding carboxylic acids is 2. The van der Waals surface area contributed by atoms with Crippen LogP contribution in [-0.4, -0.2) is 24.6 Å². The van der Waals surface area contributed by atoms with Gasteiger partial charge in [0.1, 0.15) is 6.61 Å². The van der Waals surface area contributed by atoms with Crippen LogP contribution in [0.2, 0.25) is 0 Å². The number of hydrogen-bond acceptors (Lipinski definition) is 3. The van der Waals surface area contributed by atoms with Crippen molar-refractivity contribution in [2.45, 2.75) is 26.6 Å². The molecule has 2 rings (SSSR count). The fourth-order valence-electron chi connectivity index (χ4n) is 2.36. The van der Waals surface area contributed by atoms with Crippen LogP contribution >= 0.6 is 0 Å². The lowest BCUT2D eigenvalue weighted by molar-refractivity contribution is -0.176. The molecule has 2 N–H and O–H groups in total. The largest absolute Gasteiger partial charge is 0.411 e. The summed E-state index contributed by atoms with van der Waals surface area (Å²) in [5.74, 6) is -0.992. The number of halogens is 3. The molecule has 2 aromatic rings. The predicted octanol–water partition coefficient (Wildman–Crippen LogP) is 3.46. The standard InChI is InChI=1S/C19H19F3N2O3/c1-12-3-8-16(13(2)9-12)18(26)24-23-17(25)15-6-4-14(5-7-15)10-27-11-19(20,21)22/h3-9H,10-11H2,1-2H3,(H,23,25)(H,24,26). The number of aryl methyl sites for hydroxylation is 2. The maximum Gasteiger partial charge on any atom is 0.411 e. The van der Waals surface area contributed by atoms with Gasteiger partial charge in [0.25, 0.3) is 11.8 Å². The Bertz CT molecular complexity index is 818. The number of alkyl halides is 3. The van der Waals surface area contributed by atoms with Crippen LogP contribution in [0.15, 0.2) is 42.5 Å². The summed E-state index contributed by atoms with van der Waals surface area (Å²) >= 11 is 0. The summed E-state index contributed by atoms with van der Waals surface area (Å²) in [5, 5.41) is 0. The van der Waals surface area contributed by atoms with Crippen LogP contribution in [0.25, 0.3) is 0 Å². The second-order valence-corrected chi connectivity index (χ2v) is 6.03. The van der Waals surface area contributed by atoms with E-state index in [4.69, 9.17) is 0 Å². The molecule has 27 heavy (non-hydrogen) atoms. The second-order valence-electron chi connectivity index (χ2n) is 6.03. The van der Waals surface area contributed by atoms with E-state index in [1.54, 1.807) is 19.1 Å². The number of amides is 2. The number of hydrazine groups is 1. The molecule has 0 aliphatic heterocycles. The van der Waals surface area contributed by atoms with E-state index in [-0.39, 0.29) is 12.2 Å². The van der Waals surface area contributed by atoms with Crippen molar-refractivity contribution in [2.75, 3.05) is 6.61 Å². The highest BCUT2D eigenvalue weighted by atomic mass is 19.4. The summed E-state index contributed by atoms with van der Waals surface area (Å²) in [5.41, 5.74) is 7.62. The molecule has 0 bridgehead atoms. The van der Waals surface area contributed by atoms with Crippen LogP contribution in [0, 0.1) is 13.8 Å². The van der Waals surface area contributed by atoms with Gasteiger partial charge in [0, 0.05) is 11.1 Å². The van der Waals surface area contributed by atoms with Crippen molar-refractivity contribution < 1.29 is 27.5 Å². The fraction of sp³-hybridized carbons (Fsp3) is 0.263. The molecule has 0 aliphatic carbocycles. The van der Waals surface area contributed by atoms with Crippen LogP contribution in [0.1, 0.15) is 37.4 Å². The van der Waals surface area contributed by atoms with Gasteiger partial charge >= 0.3 is 6.18 Å². The normalized spacial score (nSPS) is 11.1. The Kier molecular flexibility index (Phi) is 6.57. The van der Waals surface area contributed by atoms with Crippen molar-refractivity contribution in [3.63, 3.8) is 0 Å². The first-order chi connectivity index (χ1) is 12.7. The lowest BCUT2D eigenvalue weighted by Gasteiger charge is -2.10. The molecule has 0 saturated carbocycles. The van der Waals surface area contributed by atoms with Gasteiger partial charge in [-0.05, 0) is 43.2 Å². The van der Waals surface area contributed by atoms with Crippen molar-refractivity contribution in [1.29, 1.82) is 0 Å². The minimum atomic E-state index is -4.38. The van der Waals surface area contributed by atoms with Gasteiger partial charge in [-0.1, -0.05) is 29.8 Å². The molecule has 0 saturated heterocycles. The van der Waals surface area contributed by atoms with E-state index in [2.05, 4.69) is 15.6 Å². The van der Waals surface area contributed by atoms with E-state index in [1.165, 1.54) is 24.3 Å². The molecule has 0 heterocycles. The Morgan fingerprint density at radius 3 is 2.19 bits per heavy atom. The van der Waals surface area contributed by atoms with E-state index in [0.717, 1.165) is 11.1 Å². The Labute approximate surface area is 154 Å². The highest BCUT2D eigenvalue weighted by molar-refractivity contribution is 5.99. The molecule has 5 nitrogen and oxygen atoms in total. The molecule has 0 unspecified atom stereocenters. The Morgan fingerprint density at radius 2 is 1.59 bits per heavy atom. The summed E-state index contributed by atoms with van der Waals surface area (Å²) < 4.78 is 40.6. The van der Waals surface area contributed by atoms with Gasteiger partial charge in [-0.2, -0.15) is 13.2 Å².